The molecule has 0 saturated carbocycles. The number of hydrogen-bond donors (Lipinski definition) is 2. The molecule has 0 radical (unpaired) electrons. The summed E-state index contributed by atoms with van der Waals surface area (Å²) >= 11 is 0. The van der Waals surface area contributed by atoms with Crippen LogP contribution in [0, 0.1) is 5.41 Å². The average Bonchev–Trinajstić information content (AvgIpc) is 2.59. The highest BCUT2D eigenvalue weighted by molar-refractivity contribution is 6.06. The van der Waals surface area contributed by atoms with Crippen LogP contribution in [0.3, 0.4) is 0 Å². The highest BCUT2D eigenvalue weighted by Gasteiger charge is 2.43. The van der Waals surface area contributed by atoms with E-state index in [1.165, 1.54) is 0 Å². The van der Waals surface area contributed by atoms with E-state index in [-0.39, 0.29) is 5.41 Å². The highest BCUT2D eigenvalue weighted by Crippen LogP contribution is 2.41. The lowest BCUT2D eigenvalue weighted by atomic mass is 9.71. The molecule has 0 aromatic rings. The quantitative estimate of drug-likeness (QED) is 0.601. The third-order valence-electron chi connectivity index (χ3n) is 2.92. The molecule has 3 aliphatic rings. The van der Waals surface area contributed by atoms with Gasteiger partial charge in [-0.25, -0.2) is 0 Å². The molecular formula is C11H10N2O. The molecule has 1 heterocycles. The molecule has 1 spiro atoms. The van der Waals surface area contributed by atoms with Crippen molar-refractivity contribution in [2.24, 2.45) is 10.5 Å². The van der Waals surface area contributed by atoms with Crippen LogP contribution in [0.5, 0.6) is 0 Å². The minimum atomic E-state index is -0.229. The Labute approximate surface area is 81.8 Å². The van der Waals surface area contributed by atoms with Crippen LogP contribution < -0.4 is 5.43 Å². The standard InChI is InChI=1S/C11H10N2O/c14-9-4-2-6-11-7-12-13-10(11)5-1-3-8(9)11/h1-6,12,14H,7H2. The molecule has 0 bridgehead atoms. The number of hydrogen-bond acceptors (Lipinski definition) is 3. The van der Waals surface area contributed by atoms with Crippen LogP contribution in [0.2, 0.25) is 0 Å². The molecule has 2 N–H and O–H groups in total. The number of allylic oxidation sites excluding steroid dienone is 6. The third kappa shape index (κ3) is 0.744. The summed E-state index contributed by atoms with van der Waals surface area (Å²) in [6, 6.07) is 0. The normalized spacial score (nSPS) is 32.4. The summed E-state index contributed by atoms with van der Waals surface area (Å²) in [5, 5.41) is 14.0. The second kappa shape index (κ2) is 2.38. The topological polar surface area (TPSA) is 44.6 Å². The molecule has 3 heteroatoms. The Morgan fingerprint density at radius 3 is 3.21 bits per heavy atom. The van der Waals surface area contributed by atoms with Gasteiger partial charge >= 0.3 is 0 Å². The minimum Gasteiger partial charge on any atom is -0.508 e. The van der Waals surface area contributed by atoms with Crippen LogP contribution in [-0.4, -0.2) is 17.4 Å². The summed E-state index contributed by atoms with van der Waals surface area (Å²) in [5.74, 6) is 0.341. The van der Waals surface area contributed by atoms with Crippen molar-refractivity contribution in [3.8, 4) is 0 Å². The molecule has 70 valence electrons. The van der Waals surface area contributed by atoms with Crippen molar-refractivity contribution in [2.75, 3.05) is 6.54 Å². The lowest BCUT2D eigenvalue weighted by Crippen LogP contribution is -2.35. The Morgan fingerprint density at radius 2 is 2.29 bits per heavy atom. The Hall–Kier alpha value is -1.77. The van der Waals surface area contributed by atoms with Gasteiger partial charge in [0.05, 0.1) is 17.7 Å². The molecule has 14 heavy (non-hydrogen) atoms. The average molecular weight is 186 g/mol. The van der Waals surface area contributed by atoms with Crippen LogP contribution in [0.1, 0.15) is 0 Å². The van der Waals surface area contributed by atoms with Crippen LogP contribution >= 0.6 is 0 Å². The van der Waals surface area contributed by atoms with Gasteiger partial charge in [-0.05, 0) is 12.2 Å². The van der Waals surface area contributed by atoms with Gasteiger partial charge in [0.15, 0.2) is 0 Å². The molecule has 0 aromatic heterocycles. The maximum atomic E-state index is 9.77. The summed E-state index contributed by atoms with van der Waals surface area (Å²) in [4.78, 5) is 0. The van der Waals surface area contributed by atoms with E-state index >= 15 is 0 Å². The molecule has 0 saturated heterocycles. The van der Waals surface area contributed by atoms with Gasteiger partial charge < -0.3 is 10.5 Å². The molecule has 1 atom stereocenters. The highest BCUT2D eigenvalue weighted by atomic mass is 16.3. The number of aliphatic hydroxyl groups excluding tert-OH is 1. The molecule has 1 aliphatic heterocycles. The van der Waals surface area contributed by atoms with Gasteiger partial charge in [-0.15, -0.1) is 0 Å². The predicted molar refractivity (Wildman–Crippen MR) is 54.9 cm³/mol. The fourth-order valence-electron chi connectivity index (χ4n) is 2.18. The molecule has 3 rings (SSSR count). The van der Waals surface area contributed by atoms with Crippen LogP contribution in [-0.2, 0) is 0 Å². The van der Waals surface area contributed by atoms with Crippen LogP contribution in [0.15, 0.2) is 52.9 Å². The molecule has 3 nitrogen and oxygen atoms in total. The summed E-state index contributed by atoms with van der Waals surface area (Å²) in [6.45, 7) is 0.729. The van der Waals surface area contributed by atoms with Crippen molar-refractivity contribution in [2.45, 2.75) is 0 Å². The van der Waals surface area contributed by atoms with E-state index in [2.05, 4.69) is 16.6 Å². The van der Waals surface area contributed by atoms with E-state index in [9.17, 15) is 5.11 Å². The first-order valence-electron chi connectivity index (χ1n) is 4.62. The Morgan fingerprint density at radius 1 is 1.36 bits per heavy atom. The van der Waals surface area contributed by atoms with E-state index in [4.69, 9.17) is 0 Å². The SMILES string of the molecule is OC1=CC=CC23CNN=C2C=CC=C13. The van der Waals surface area contributed by atoms with E-state index < -0.39 is 0 Å². The van der Waals surface area contributed by atoms with Crippen molar-refractivity contribution in [3.05, 3.63) is 47.8 Å². The Kier molecular flexibility index (Phi) is 1.29. The summed E-state index contributed by atoms with van der Waals surface area (Å²) in [7, 11) is 0. The second-order valence-electron chi connectivity index (χ2n) is 3.65. The van der Waals surface area contributed by atoms with E-state index in [1.54, 1.807) is 6.08 Å². The minimum absolute atomic E-state index is 0.229. The van der Waals surface area contributed by atoms with Gasteiger partial charge in [0, 0.05) is 5.57 Å². The molecular weight excluding hydrogens is 176 g/mol. The fraction of sp³-hybridized carbons (Fsp3) is 0.182. The van der Waals surface area contributed by atoms with Gasteiger partial charge in [0.25, 0.3) is 0 Å². The maximum absolute atomic E-state index is 9.77. The largest absolute Gasteiger partial charge is 0.508 e. The van der Waals surface area contributed by atoms with Crippen LogP contribution in [0.25, 0.3) is 0 Å². The van der Waals surface area contributed by atoms with Gasteiger partial charge in [0.2, 0.25) is 0 Å². The molecule has 0 aromatic carbocycles. The third-order valence-corrected chi connectivity index (χ3v) is 2.92. The number of nitrogens with one attached hydrogen (secondary N) is 1. The van der Waals surface area contributed by atoms with Gasteiger partial charge in [-0.2, -0.15) is 5.10 Å². The lowest BCUT2D eigenvalue weighted by Gasteiger charge is -2.31. The zero-order chi connectivity index (χ0) is 9.60. The van der Waals surface area contributed by atoms with Crippen molar-refractivity contribution in [1.29, 1.82) is 0 Å². The first-order valence-corrected chi connectivity index (χ1v) is 4.62. The number of nitrogens with zero attached hydrogens (tertiary/aromatic N) is 1. The molecule has 1 unspecified atom stereocenters. The first-order chi connectivity index (χ1) is 6.83. The Balaban J connectivity index is 2.23. The zero-order valence-electron chi connectivity index (χ0n) is 7.57. The van der Waals surface area contributed by atoms with E-state index in [0.29, 0.717) is 5.76 Å². The number of rotatable bonds is 0. The Bertz CT molecular complexity index is 440. The summed E-state index contributed by atoms with van der Waals surface area (Å²) < 4.78 is 0. The van der Waals surface area contributed by atoms with E-state index in [0.717, 1.165) is 17.8 Å². The van der Waals surface area contributed by atoms with Crippen molar-refractivity contribution in [3.63, 3.8) is 0 Å². The van der Waals surface area contributed by atoms with Gasteiger partial charge in [0.1, 0.15) is 5.76 Å². The summed E-state index contributed by atoms with van der Waals surface area (Å²) in [5.41, 5.74) is 4.67. The van der Waals surface area contributed by atoms with Crippen molar-refractivity contribution in [1.82, 2.24) is 5.43 Å². The molecule has 2 aliphatic carbocycles. The zero-order valence-corrected chi connectivity index (χ0v) is 7.57. The smallest absolute Gasteiger partial charge is 0.120 e. The van der Waals surface area contributed by atoms with Gasteiger partial charge in [-0.3, -0.25) is 0 Å². The number of hydrazone groups is 1. The first kappa shape index (κ1) is 7.62. The van der Waals surface area contributed by atoms with Crippen molar-refractivity contribution < 1.29 is 5.11 Å². The predicted octanol–water partition coefficient (Wildman–Crippen LogP) is 1.44. The van der Waals surface area contributed by atoms with Gasteiger partial charge in [-0.1, -0.05) is 24.3 Å². The van der Waals surface area contributed by atoms with Crippen molar-refractivity contribution >= 4 is 5.71 Å². The lowest BCUT2D eigenvalue weighted by molar-refractivity contribution is 0.399. The van der Waals surface area contributed by atoms with Crippen LogP contribution in [0.4, 0.5) is 0 Å². The molecule has 0 amide bonds. The summed E-state index contributed by atoms with van der Waals surface area (Å²) in [6.07, 6.45) is 11.5. The van der Waals surface area contributed by atoms with E-state index in [1.807, 2.05) is 24.3 Å². The second-order valence-corrected chi connectivity index (χ2v) is 3.65. The number of aliphatic hydroxyl groups is 1. The maximum Gasteiger partial charge on any atom is 0.120 e. The monoisotopic (exact) mass is 186 g/mol. The molecule has 0 fully saturated rings. The fourth-order valence-corrected chi connectivity index (χ4v) is 2.18.